The Hall–Kier alpha value is -7.85. The van der Waals surface area contributed by atoms with Crippen molar-refractivity contribution < 1.29 is 4.42 Å². The fraction of sp³-hybridized carbons (Fsp3) is 0.155. The average molecular weight is 968 g/mol. The summed E-state index contributed by atoms with van der Waals surface area (Å²) in [6.45, 7) is 0. The van der Waals surface area contributed by atoms with Gasteiger partial charge in [0, 0.05) is 26.6 Å². The molecule has 0 radical (unpaired) electrons. The molecule has 3 heteroatoms. The number of hydrogen-bond acceptors (Lipinski definition) is 3. The van der Waals surface area contributed by atoms with Crippen molar-refractivity contribution in [2.45, 2.75) is 58.1 Å². The first kappa shape index (κ1) is 42.6. The lowest BCUT2D eigenvalue weighted by molar-refractivity contribution is 0.266. The van der Waals surface area contributed by atoms with E-state index in [1.54, 1.807) is 5.56 Å². The summed E-state index contributed by atoms with van der Waals surface area (Å²) in [6.07, 6.45) is 7.03. The molecule has 2 nitrogen and oxygen atoms in total. The van der Waals surface area contributed by atoms with Crippen molar-refractivity contribution in [1.29, 1.82) is 0 Å². The maximum Gasteiger partial charge on any atom is 0.137 e. The van der Waals surface area contributed by atoms with E-state index < -0.39 is 10.8 Å². The second-order valence-corrected chi connectivity index (χ2v) is 23.1. The monoisotopic (exact) mass is 967 g/mol. The van der Waals surface area contributed by atoms with Crippen molar-refractivity contribution in [3.63, 3.8) is 0 Å². The zero-order valence-electron chi connectivity index (χ0n) is 41.1. The second-order valence-electron chi connectivity index (χ2n) is 22.0. The predicted molar refractivity (Wildman–Crippen MR) is 303 cm³/mol. The van der Waals surface area contributed by atoms with Gasteiger partial charge in [0.2, 0.25) is 0 Å². The average Bonchev–Trinajstić information content (AvgIpc) is 4.07. The molecule has 2 heterocycles. The zero-order chi connectivity index (χ0) is 48.6. The highest BCUT2D eigenvalue weighted by Crippen LogP contribution is 2.67. The number of furan rings is 1. The molecular formula is C71H53NOS. The summed E-state index contributed by atoms with van der Waals surface area (Å²) in [4.78, 5) is 5.06. The second kappa shape index (κ2) is 16.1. The van der Waals surface area contributed by atoms with Crippen molar-refractivity contribution in [1.82, 2.24) is 0 Å². The number of anilines is 3. The van der Waals surface area contributed by atoms with Crippen LogP contribution in [0.5, 0.6) is 0 Å². The van der Waals surface area contributed by atoms with Crippen molar-refractivity contribution in [3.05, 3.63) is 293 Å². The van der Waals surface area contributed by atoms with Gasteiger partial charge in [-0.3, -0.25) is 0 Å². The van der Waals surface area contributed by atoms with Gasteiger partial charge < -0.3 is 9.32 Å². The fourth-order valence-electron chi connectivity index (χ4n) is 15.9. The molecule has 10 aromatic carbocycles. The summed E-state index contributed by atoms with van der Waals surface area (Å²) >= 11 is 1.90. The van der Waals surface area contributed by atoms with Crippen molar-refractivity contribution in [3.8, 4) is 11.1 Å². The number of fused-ring (bicyclic) bond motifs is 11. The maximum atomic E-state index is 6.54. The highest BCUT2D eigenvalue weighted by atomic mass is 32.2. The Morgan fingerprint density at radius 3 is 1.58 bits per heavy atom. The predicted octanol–water partition coefficient (Wildman–Crippen LogP) is 18.3. The van der Waals surface area contributed by atoms with Gasteiger partial charge in [0.05, 0.1) is 21.9 Å². The van der Waals surface area contributed by atoms with Crippen LogP contribution in [0.2, 0.25) is 0 Å². The molecule has 2 unspecified atom stereocenters. The molecule has 11 aromatic rings. The zero-order valence-corrected chi connectivity index (χ0v) is 41.9. The summed E-state index contributed by atoms with van der Waals surface area (Å²) in [6, 6.07) is 91.8. The molecule has 1 aromatic heterocycles. The highest BCUT2D eigenvalue weighted by molar-refractivity contribution is 7.99. The third-order valence-electron chi connectivity index (χ3n) is 18.5. The van der Waals surface area contributed by atoms with Crippen molar-refractivity contribution in [2.24, 2.45) is 17.8 Å². The maximum absolute atomic E-state index is 6.54. The van der Waals surface area contributed by atoms with Crippen LogP contribution >= 0.6 is 11.8 Å². The minimum Gasteiger partial charge on any atom is -0.456 e. The van der Waals surface area contributed by atoms with Crippen LogP contribution in [0.1, 0.15) is 82.2 Å². The van der Waals surface area contributed by atoms with E-state index in [2.05, 4.69) is 248 Å². The molecule has 4 fully saturated rings. The molecule has 6 aliphatic rings. The van der Waals surface area contributed by atoms with Crippen LogP contribution in [0.4, 0.5) is 17.1 Å². The first-order valence-corrected chi connectivity index (χ1v) is 27.6. The number of para-hydroxylation sites is 1. The van der Waals surface area contributed by atoms with E-state index >= 15 is 0 Å². The lowest BCUT2D eigenvalue weighted by Crippen LogP contribution is -2.46. The SMILES string of the molecule is c1ccc(C2(c3ccccc3)c3ccccc3C3(c4ccccc4Sc4ccccc43)c3cc(-c4ccc(N(c5ccc(C67CC8CC(CC6C8)C7)cc5)c5cccc6oc7ccccc7c56)cc4)ccc32)cc1. The van der Waals surface area contributed by atoms with Crippen LogP contribution in [0, 0.1) is 17.8 Å². The van der Waals surface area contributed by atoms with Crippen LogP contribution < -0.4 is 4.90 Å². The molecule has 4 saturated carbocycles. The fourth-order valence-corrected chi connectivity index (χ4v) is 17.1. The third kappa shape index (κ3) is 5.85. The molecule has 354 valence electrons. The minimum absolute atomic E-state index is 0.359. The number of nitrogens with zero attached hydrogens (tertiary/aromatic N) is 1. The molecule has 74 heavy (non-hydrogen) atoms. The Bertz CT molecular complexity index is 3900. The number of rotatable bonds is 7. The summed E-state index contributed by atoms with van der Waals surface area (Å²) in [5.41, 5.74) is 18.7. The van der Waals surface area contributed by atoms with Crippen molar-refractivity contribution in [2.75, 3.05) is 4.90 Å². The highest BCUT2D eigenvalue weighted by Gasteiger charge is 2.59. The first-order chi connectivity index (χ1) is 36.6. The largest absolute Gasteiger partial charge is 0.456 e. The summed E-state index contributed by atoms with van der Waals surface area (Å²) in [7, 11) is 0. The van der Waals surface area contributed by atoms with E-state index in [1.165, 1.54) is 97.5 Å². The Morgan fingerprint density at radius 2 is 0.919 bits per heavy atom. The Kier molecular flexibility index (Phi) is 9.26. The van der Waals surface area contributed by atoms with Gasteiger partial charge >= 0.3 is 0 Å². The lowest BCUT2D eigenvalue weighted by atomic mass is 9.50. The lowest BCUT2D eigenvalue weighted by Gasteiger charge is -2.52. The molecule has 17 rings (SSSR count). The summed E-state index contributed by atoms with van der Waals surface area (Å²) in [5, 5.41) is 2.26. The molecule has 1 spiro atoms. The van der Waals surface area contributed by atoms with Gasteiger partial charge in [-0.05, 0) is 177 Å². The molecule has 0 amide bonds. The molecule has 5 aliphatic carbocycles. The first-order valence-electron chi connectivity index (χ1n) is 26.8. The number of hydrogen-bond donors (Lipinski definition) is 0. The number of benzene rings is 10. The molecule has 4 bridgehead atoms. The third-order valence-corrected chi connectivity index (χ3v) is 19.7. The van der Waals surface area contributed by atoms with Gasteiger partial charge in [0.1, 0.15) is 11.2 Å². The Balaban J connectivity index is 0.903. The van der Waals surface area contributed by atoms with Gasteiger partial charge in [-0.2, -0.15) is 0 Å². The molecule has 1 aliphatic heterocycles. The van der Waals surface area contributed by atoms with E-state index in [9.17, 15) is 0 Å². The molecule has 0 saturated heterocycles. The Morgan fingerprint density at radius 1 is 0.392 bits per heavy atom. The summed E-state index contributed by atoms with van der Waals surface area (Å²) < 4.78 is 6.54. The van der Waals surface area contributed by atoms with E-state index in [0.717, 1.165) is 56.8 Å². The van der Waals surface area contributed by atoms with E-state index in [0.29, 0.717) is 5.41 Å². The minimum atomic E-state index is -0.598. The van der Waals surface area contributed by atoms with Crippen LogP contribution in [0.3, 0.4) is 0 Å². The molecular weight excluding hydrogens is 915 g/mol. The van der Waals surface area contributed by atoms with Gasteiger partial charge in [-0.25, -0.2) is 0 Å². The van der Waals surface area contributed by atoms with Gasteiger partial charge in [-0.1, -0.05) is 194 Å². The molecule has 0 N–H and O–H groups in total. The van der Waals surface area contributed by atoms with Gasteiger partial charge in [-0.15, -0.1) is 0 Å². The van der Waals surface area contributed by atoms with Crippen LogP contribution in [0.25, 0.3) is 33.1 Å². The summed E-state index contributed by atoms with van der Waals surface area (Å²) in [5.74, 6) is 2.66. The van der Waals surface area contributed by atoms with Crippen molar-refractivity contribution >= 4 is 50.8 Å². The Labute approximate surface area is 437 Å². The standard InChI is InChI=1S/C71H53NOS/c1-3-16-51(17-4-1)70(52-18-5-2-6-19-52)57-21-8-9-22-58(57)71(60-23-10-13-28-66(60)74-67-29-14-11-24-61(67)71)62-43-49(32-39-59(62)70)48-30-35-54(36-31-48)72(63-25-15-27-65-68(63)56-20-7-12-26-64(56)73-65)55-37-33-50(34-38-55)69-44-46-40-47(45-69)42-53(69)41-46/h1-39,43,46-47,53H,40-42,44-45H2. The van der Waals surface area contributed by atoms with Crippen LogP contribution in [-0.4, -0.2) is 0 Å². The topological polar surface area (TPSA) is 16.4 Å². The van der Waals surface area contributed by atoms with E-state index in [-0.39, 0.29) is 0 Å². The van der Waals surface area contributed by atoms with Crippen LogP contribution in [0.15, 0.2) is 257 Å². The van der Waals surface area contributed by atoms with E-state index in [1.807, 2.05) is 11.8 Å². The van der Waals surface area contributed by atoms with E-state index in [4.69, 9.17) is 4.42 Å². The normalized spacial score (nSPS) is 21.1. The quantitative estimate of drug-likeness (QED) is 0.158. The van der Waals surface area contributed by atoms with Gasteiger partial charge in [0.25, 0.3) is 0 Å². The molecule has 2 atom stereocenters. The van der Waals surface area contributed by atoms with Gasteiger partial charge in [0.15, 0.2) is 0 Å². The van der Waals surface area contributed by atoms with Crippen LogP contribution in [-0.2, 0) is 16.2 Å². The smallest absolute Gasteiger partial charge is 0.137 e.